The minimum Gasteiger partial charge on any atom is -0.508 e. The van der Waals surface area contributed by atoms with E-state index in [1.54, 1.807) is 6.07 Å². The number of aromatic hydroxyl groups is 1. The van der Waals surface area contributed by atoms with E-state index in [0.29, 0.717) is 30.3 Å². The molecule has 0 aromatic heterocycles. The van der Waals surface area contributed by atoms with E-state index in [1.807, 2.05) is 18.2 Å². The minimum atomic E-state index is -0.212. The summed E-state index contributed by atoms with van der Waals surface area (Å²) in [6.07, 6.45) is 2.84. The van der Waals surface area contributed by atoms with E-state index in [-0.39, 0.29) is 12.4 Å². The molecule has 2 aromatic rings. The Bertz CT molecular complexity index is 811. The first-order valence-corrected chi connectivity index (χ1v) is 10.2. The van der Waals surface area contributed by atoms with Gasteiger partial charge in [0.25, 0.3) is 0 Å². The predicted octanol–water partition coefficient (Wildman–Crippen LogP) is 2.78. The summed E-state index contributed by atoms with van der Waals surface area (Å²) in [4.78, 5) is 4.85. The number of rotatable bonds is 6. The number of hydrogen-bond acceptors (Lipinski definition) is 4. The fraction of sp³-hybridized carbons (Fsp3) is 0.478. The quantitative estimate of drug-likeness (QED) is 0.804. The van der Waals surface area contributed by atoms with Gasteiger partial charge in [0.2, 0.25) is 0 Å². The van der Waals surface area contributed by atoms with Gasteiger partial charge in [-0.2, -0.15) is 0 Å². The summed E-state index contributed by atoms with van der Waals surface area (Å²) in [5.74, 6) is 0.475. The number of nitrogens with zero attached hydrogens (tertiary/aromatic N) is 2. The molecule has 1 fully saturated rings. The lowest BCUT2D eigenvalue weighted by Gasteiger charge is -2.52. The van der Waals surface area contributed by atoms with E-state index in [1.165, 1.54) is 23.3 Å². The Morgan fingerprint density at radius 2 is 1.93 bits per heavy atom. The first kappa shape index (κ1) is 19.4. The zero-order chi connectivity index (χ0) is 19.7. The van der Waals surface area contributed by atoms with Gasteiger partial charge >= 0.3 is 0 Å². The summed E-state index contributed by atoms with van der Waals surface area (Å²) in [5, 5.41) is 19.8. The van der Waals surface area contributed by atoms with Crippen molar-refractivity contribution in [2.75, 3.05) is 33.3 Å². The highest BCUT2D eigenvalue weighted by atomic mass is 19.1. The van der Waals surface area contributed by atoms with Crippen molar-refractivity contribution in [3.8, 4) is 5.75 Å². The zero-order valence-corrected chi connectivity index (χ0v) is 16.4. The normalized spacial score (nSPS) is 24.4. The molecule has 1 aliphatic heterocycles. The number of aliphatic hydroxyl groups is 1. The number of likely N-dealkylation sites (N-methyl/N-ethyl adjacent to an activating group) is 1. The van der Waals surface area contributed by atoms with Crippen molar-refractivity contribution < 1.29 is 14.6 Å². The molecule has 0 amide bonds. The molecule has 3 atom stereocenters. The van der Waals surface area contributed by atoms with Crippen LogP contribution in [0.1, 0.15) is 29.0 Å². The van der Waals surface area contributed by atoms with Crippen molar-refractivity contribution in [2.45, 2.75) is 37.3 Å². The highest BCUT2D eigenvalue weighted by Crippen LogP contribution is 2.43. The topological polar surface area (TPSA) is 46.9 Å². The number of aliphatic hydroxyl groups excluding tert-OH is 1. The average molecular weight is 384 g/mol. The summed E-state index contributed by atoms with van der Waals surface area (Å²) < 4.78 is 13.2. The van der Waals surface area contributed by atoms with E-state index in [4.69, 9.17) is 0 Å². The molecule has 4 rings (SSSR count). The Morgan fingerprint density at radius 1 is 1.14 bits per heavy atom. The van der Waals surface area contributed by atoms with Crippen molar-refractivity contribution >= 4 is 0 Å². The third-order valence-electron chi connectivity index (χ3n) is 6.53. The molecule has 0 saturated carbocycles. The summed E-state index contributed by atoms with van der Waals surface area (Å²) in [7, 11) is 2.19. The molecule has 0 unspecified atom stereocenters. The number of phenolic OH excluding ortho intramolecular Hbond substituents is 1. The highest BCUT2D eigenvalue weighted by Gasteiger charge is 2.44. The summed E-state index contributed by atoms with van der Waals surface area (Å²) in [6.45, 7) is 2.62. The van der Waals surface area contributed by atoms with Crippen LogP contribution in [0.3, 0.4) is 0 Å². The second kappa shape index (κ2) is 8.19. The van der Waals surface area contributed by atoms with Gasteiger partial charge in [-0.05, 0) is 73.8 Å². The molecule has 0 radical (unpaired) electrons. The van der Waals surface area contributed by atoms with Crippen LogP contribution in [-0.4, -0.2) is 65.4 Å². The third-order valence-corrected chi connectivity index (χ3v) is 6.53. The van der Waals surface area contributed by atoms with Crippen LogP contribution in [0.2, 0.25) is 0 Å². The predicted molar refractivity (Wildman–Crippen MR) is 108 cm³/mol. The molecule has 1 heterocycles. The number of benzene rings is 2. The first-order chi connectivity index (χ1) is 13.6. The van der Waals surface area contributed by atoms with Crippen LogP contribution in [0.5, 0.6) is 5.75 Å². The summed E-state index contributed by atoms with van der Waals surface area (Å²) in [5.41, 5.74) is 3.70. The lowest BCUT2D eigenvalue weighted by atomic mass is 9.71. The van der Waals surface area contributed by atoms with E-state index >= 15 is 0 Å². The number of piperidine rings is 1. The molecule has 2 bridgehead atoms. The molecule has 2 N–H and O–H groups in total. The standard InChI is InChI=1S/C23H29FN2O2/c1-25-10-9-20-21-15-19(28)7-4-17(21)14-22(25)23(20)26(12-13-27)11-8-16-2-5-18(24)6-3-16/h2-7,15,20,22-23,27-28H,8-14H2,1H3/t20-,22+,23-/m0/s1. The zero-order valence-electron chi connectivity index (χ0n) is 16.4. The fourth-order valence-corrected chi connectivity index (χ4v) is 5.12. The lowest BCUT2D eigenvalue weighted by molar-refractivity contribution is 0.0220. The van der Waals surface area contributed by atoms with Crippen molar-refractivity contribution in [3.63, 3.8) is 0 Å². The number of likely N-dealkylation sites (tertiary alicyclic amines) is 1. The van der Waals surface area contributed by atoms with Crippen molar-refractivity contribution in [3.05, 3.63) is 65.0 Å². The van der Waals surface area contributed by atoms with Crippen LogP contribution in [0.4, 0.5) is 4.39 Å². The van der Waals surface area contributed by atoms with Gasteiger partial charge in [-0.1, -0.05) is 18.2 Å². The van der Waals surface area contributed by atoms with E-state index in [0.717, 1.165) is 37.9 Å². The van der Waals surface area contributed by atoms with Crippen LogP contribution in [0, 0.1) is 5.82 Å². The smallest absolute Gasteiger partial charge is 0.123 e. The number of phenols is 1. The van der Waals surface area contributed by atoms with E-state index in [9.17, 15) is 14.6 Å². The summed E-state index contributed by atoms with van der Waals surface area (Å²) >= 11 is 0. The molecule has 5 heteroatoms. The largest absolute Gasteiger partial charge is 0.508 e. The van der Waals surface area contributed by atoms with Crippen molar-refractivity contribution in [1.29, 1.82) is 0 Å². The van der Waals surface area contributed by atoms with Gasteiger partial charge in [-0.3, -0.25) is 4.90 Å². The molecule has 2 aliphatic rings. The highest BCUT2D eigenvalue weighted by molar-refractivity contribution is 5.42. The van der Waals surface area contributed by atoms with Crippen LogP contribution >= 0.6 is 0 Å². The third kappa shape index (κ3) is 3.79. The van der Waals surface area contributed by atoms with Crippen LogP contribution in [-0.2, 0) is 12.8 Å². The molecule has 1 saturated heterocycles. The van der Waals surface area contributed by atoms with Gasteiger partial charge in [0.1, 0.15) is 11.6 Å². The maximum absolute atomic E-state index is 13.2. The van der Waals surface area contributed by atoms with Gasteiger partial charge in [0.15, 0.2) is 0 Å². The van der Waals surface area contributed by atoms with Crippen molar-refractivity contribution in [2.24, 2.45) is 0 Å². The molecular formula is C23H29FN2O2. The van der Waals surface area contributed by atoms with Gasteiger partial charge in [0, 0.05) is 31.1 Å². The van der Waals surface area contributed by atoms with Crippen molar-refractivity contribution in [1.82, 2.24) is 9.80 Å². The Kier molecular flexibility index (Phi) is 5.67. The second-order valence-corrected chi connectivity index (χ2v) is 8.16. The molecule has 28 heavy (non-hydrogen) atoms. The first-order valence-electron chi connectivity index (χ1n) is 10.2. The molecule has 1 aliphatic carbocycles. The monoisotopic (exact) mass is 384 g/mol. The van der Waals surface area contributed by atoms with Gasteiger partial charge in [-0.25, -0.2) is 4.39 Å². The van der Waals surface area contributed by atoms with Crippen LogP contribution in [0.15, 0.2) is 42.5 Å². The van der Waals surface area contributed by atoms with Gasteiger partial charge < -0.3 is 15.1 Å². The number of hydrogen-bond donors (Lipinski definition) is 2. The molecule has 150 valence electrons. The Labute approximate surface area is 166 Å². The summed E-state index contributed by atoms with van der Waals surface area (Å²) in [6, 6.07) is 13.2. The Hall–Kier alpha value is -1.95. The molecule has 0 spiro atoms. The lowest BCUT2D eigenvalue weighted by Crippen LogP contribution is -2.61. The van der Waals surface area contributed by atoms with E-state index < -0.39 is 0 Å². The maximum atomic E-state index is 13.2. The second-order valence-electron chi connectivity index (χ2n) is 8.16. The van der Waals surface area contributed by atoms with Gasteiger partial charge in [-0.15, -0.1) is 0 Å². The number of halogens is 1. The van der Waals surface area contributed by atoms with Gasteiger partial charge in [0.05, 0.1) is 6.61 Å². The van der Waals surface area contributed by atoms with E-state index in [2.05, 4.69) is 22.9 Å². The van der Waals surface area contributed by atoms with Crippen LogP contribution in [0.25, 0.3) is 0 Å². The maximum Gasteiger partial charge on any atom is 0.123 e. The fourth-order valence-electron chi connectivity index (χ4n) is 5.12. The number of fused-ring (bicyclic) bond motifs is 4. The average Bonchev–Trinajstić information content (AvgIpc) is 2.69. The SMILES string of the molecule is CN1CC[C@H]2c3cc(O)ccc3C[C@@H]1[C@H]2N(CCO)CCc1ccc(F)cc1. The molecule has 4 nitrogen and oxygen atoms in total. The van der Waals surface area contributed by atoms with Crippen LogP contribution < -0.4 is 0 Å². The Balaban J connectivity index is 1.60. The molecular weight excluding hydrogens is 355 g/mol. The molecule has 2 aromatic carbocycles. The minimum absolute atomic E-state index is 0.121. The Morgan fingerprint density at radius 3 is 2.68 bits per heavy atom.